The van der Waals surface area contributed by atoms with Crippen LogP contribution in [0.5, 0.6) is 5.75 Å². The molecule has 1 saturated heterocycles. The van der Waals surface area contributed by atoms with Gasteiger partial charge < -0.3 is 24.4 Å². The van der Waals surface area contributed by atoms with Crippen LogP contribution in [0.3, 0.4) is 0 Å². The Bertz CT molecular complexity index is 670. The predicted octanol–water partition coefficient (Wildman–Crippen LogP) is 1.24. The molecule has 28 heavy (non-hydrogen) atoms. The van der Waals surface area contributed by atoms with E-state index in [4.69, 9.17) is 14.2 Å². The molecule has 0 unspecified atom stereocenters. The van der Waals surface area contributed by atoms with Crippen LogP contribution in [0, 0.1) is 5.92 Å². The molecule has 1 aliphatic rings. The van der Waals surface area contributed by atoms with Crippen LogP contribution >= 0.6 is 0 Å². The fraction of sp³-hybridized carbons (Fsp3) is 0.550. The standard InChI is InChI=1S/C20H28N2O6/c1-15(23)28-18-5-3-4-17(12-18)20(25)21-13-16-6-8-22(9-7-16)19(24)14-27-11-10-26-2/h3-5,12,16H,6-11,13-14H2,1-2H3,(H,21,25). The molecule has 0 atom stereocenters. The van der Waals surface area contributed by atoms with Gasteiger partial charge in [0.25, 0.3) is 5.91 Å². The second-order valence-electron chi connectivity index (χ2n) is 6.70. The van der Waals surface area contributed by atoms with Gasteiger partial charge in [-0.05, 0) is 37.0 Å². The number of piperidine rings is 1. The van der Waals surface area contributed by atoms with E-state index in [0.717, 1.165) is 12.8 Å². The molecule has 2 amide bonds. The second-order valence-corrected chi connectivity index (χ2v) is 6.70. The number of nitrogens with zero attached hydrogens (tertiary/aromatic N) is 1. The average molecular weight is 392 g/mol. The minimum atomic E-state index is -0.428. The lowest BCUT2D eigenvalue weighted by Crippen LogP contribution is -2.43. The minimum absolute atomic E-state index is 0.0131. The number of likely N-dealkylation sites (tertiary alicyclic amines) is 1. The molecule has 8 heteroatoms. The first-order valence-corrected chi connectivity index (χ1v) is 9.40. The molecule has 1 N–H and O–H groups in total. The summed E-state index contributed by atoms with van der Waals surface area (Å²) in [6, 6.07) is 6.52. The molecule has 154 valence electrons. The molecule has 8 nitrogen and oxygen atoms in total. The Morgan fingerprint density at radius 1 is 1.18 bits per heavy atom. The monoisotopic (exact) mass is 392 g/mol. The van der Waals surface area contributed by atoms with E-state index in [2.05, 4.69) is 5.32 Å². The number of hydrogen-bond donors (Lipinski definition) is 1. The molecule has 0 radical (unpaired) electrons. The Labute approximate surface area is 165 Å². The van der Waals surface area contributed by atoms with Crippen molar-refractivity contribution in [2.45, 2.75) is 19.8 Å². The molecule has 1 aliphatic heterocycles. The fourth-order valence-electron chi connectivity index (χ4n) is 2.99. The Morgan fingerprint density at radius 3 is 2.61 bits per heavy atom. The van der Waals surface area contributed by atoms with Gasteiger partial charge in [-0.3, -0.25) is 14.4 Å². The molecule has 0 bridgehead atoms. The van der Waals surface area contributed by atoms with Gasteiger partial charge in [-0.2, -0.15) is 0 Å². The highest BCUT2D eigenvalue weighted by atomic mass is 16.5. The maximum absolute atomic E-state index is 12.3. The van der Waals surface area contributed by atoms with E-state index < -0.39 is 5.97 Å². The summed E-state index contributed by atoms with van der Waals surface area (Å²) >= 11 is 0. The third kappa shape index (κ3) is 7.28. The lowest BCUT2D eigenvalue weighted by Gasteiger charge is -2.32. The van der Waals surface area contributed by atoms with Gasteiger partial charge in [-0.25, -0.2) is 0 Å². The van der Waals surface area contributed by atoms with Gasteiger partial charge in [0.2, 0.25) is 5.91 Å². The maximum atomic E-state index is 12.3. The SMILES string of the molecule is COCCOCC(=O)N1CCC(CNC(=O)c2cccc(OC(C)=O)c2)CC1. The number of nitrogens with one attached hydrogen (secondary N) is 1. The third-order valence-electron chi connectivity index (χ3n) is 4.53. The van der Waals surface area contributed by atoms with Gasteiger partial charge in [0.15, 0.2) is 0 Å². The van der Waals surface area contributed by atoms with Gasteiger partial charge >= 0.3 is 5.97 Å². The number of ether oxygens (including phenoxy) is 3. The Balaban J connectivity index is 1.71. The van der Waals surface area contributed by atoms with Gasteiger partial charge in [-0.1, -0.05) is 6.07 Å². The molecule has 0 aliphatic carbocycles. The first-order chi connectivity index (χ1) is 13.5. The zero-order valence-electron chi connectivity index (χ0n) is 16.4. The molecule has 1 aromatic carbocycles. The molecule has 1 fully saturated rings. The highest BCUT2D eigenvalue weighted by molar-refractivity contribution is 5.94. The lowest BCUT2D eigenvalue weighted by atomic mass is 9.96. The van der Waals surface area contributed by atoms with Crippen LogP contribution in [0.2, 0.25) is 0 Å². The van der Waals surface area contributed by atoms with E-state index in [1.54, 1.807) is 36.3 Å². The van der Waals surface area contributed by atoms with Crippen LogP contribution in [-0.2, 0) is 19.1 Å². The first-order valence-electron chi connectivity index (χ1n) is 9.40. The number of methoxy groups -OCH3 is 1. The number of rotatable bonds is 9. The third-order valence-corrected chi connectivity index (χ3v) is 4.53. The van der Waals surface area contributed by atoms with E-state index >= 15 is 0 Å². The van der Waals surface area contributed by atoms with Gasteiger partial charge in [0.05, 0.1) is 13.2 Å². The van der Waals surface area contributed by atoms with E-state index in [1.165, 1.54) is 6.92 Å². The zero-order valence-corrected chi connectivity index (χ0v) is 16.4. The van der Waals surface area contributed by atoms with Crippen molar-refractivity contribution in [1.82, 2.24) is 10.2 Å². The topological polar surface area (TPSA) is 94.2 Å². The highest BCUT2D eigenvalue weighted by Gasteiger charge is 2.23. The summed E-state index contributed by atoms with van der Waals surface area (Å²) in [5.41, 5.74) is 0.444. The Morgan fingerprint density at radius 2 is 1.93 bits per heavy atom. The second kappa shape index (κ2) is 11.4. The minimum Gasteiger partial charge on any atom is -0.427 e. The molecule has 1 heterocycles. The number of esters is 1. The van der Waals surface area contributed by atoms with E-state index in [1.807, 2.05) is 0 Å². The summed E-state index contributed by atoms with van der Waals surface area (Å²) < 4.78 is 15.2. The molecular formula is C20H28N2O6. The number of carbonyl (C=O) groups excluding carboxylic acids is 3. The van der Waals surface area contributed by atoms with Crippen molar-refractivity contribution in [1.29, 1.82) is 0 Å². The van der Waals surface area contributed by atoms with Crippen molar-refractivity contribution in [2.75, 3.05) is 46.6 Å². The summed E-state index contributed by atoms with van der Waals surface area (Å²) in [6.07, 6.45) is 1.66. The van der Waals surface area contributed by atoms with Crippen molar-refractivity contribution in [3.63, 3.8) is 0 Å². The van der Waals surface area contributed by atoms with Crippen molar-refractivity contribution in [3.05, 3.63) is 29.8 Å². The molecule has 0 aromatic heterocycles. The quantitative estimate of drug-likeness (QED) is 0.386. The van der Waals surface area contributed by atoms with Crippen LogP contribution in [0.4, 0.5) is 0 Å². The molecule has 2 rings (SSSR count). The van der Waals surface area contributed by atoms with Crippen LogP contribution in [-0.4, -0.2) is 69.2 Å². The number of carbonyl (C=O) groups is 3. The largest absolute Gasteiger partial charge is 0.427 e. The number of amides is 2. The summed E-state index contributed by atoms with van der Waals surface area (Å²) in [7, 11) is 1.59. The molecular weight excluding hydrogens is 364 g/mol. The van der Waals surface area contributed by atoms with E-state index in [9.17, 15) is 14.4 Å². The van der Waals surface area contributed by atoms with Crippen molar-refractivity contribution in [2.24, 2.45) is 5.92 Å². The van der Waals surface area contributed by atoms with Crippen molar-refractivity contribution >= 4 is 17.8 Å². The Kier molecular flexibility index (Phi) is 8.90. The number of benzene rings is 1. The summed E-state index contributed by atoms with van der Waals surface area (Å²) in [5.74, 6) is 0.0154. The summed E-state index contributed by atoms with van der Waals surface area (Å²) in [6.45, 7) is 4.13. The van der Waals surface area contributed by atoms with E-state index in [-0.39, 0.29) is 18.4 Å². The lowest BCUT2D eigenvalue weighted by molar-refractivity contribution is -0.138. The van der Waals surface area contributed by atoms with Crippen LogP contribution in [0.15, 0.2) is 24.3 Å². The fourth-order valence-corrected chi connectivity index (χ4v) is 2.99. The summed E-state index contributed by atoms with van der Waals surface area (Å²) in [4.78, 5) is 37.2. The number of hydrogen-bond acceptors (Lipinski definition) is 6. The maximum Gasteiger partial charge on any atom is 0.308 e. The zero-order chi connectivity index (χ0) is 20.4. The van der Waals surface area contributed by atoms with E-state index in [0.29, 0.717) is 50.1 Å². The van der Waals surface area contributed by atoms with Crippen molar-refractivity contribution in [3.8, 4) is 5.75 Å². The summed E-state index contributed by atoms with van der Waals surface area (Å²) in [5, 5.41) is 2.92. The van der Waals surface area contributed by atoms with Gasteiger partial charge in [0.1, 0.15) is 12.4 Å². The first kappa shape index (κ1) is 21.8. The van der Waals surface area contributed by atoms with Crippen LogP contribution < -0.4 is 10.1 Å². The highest BCUT2D eigenvalue weighted by Crippen LogP contribution is 2.17. The van der Waals surface area contributed by atoms with Crippen LogP contribution in [0.1, 0.15) is 30.1 Å². The van der Waals surface area contributed by atoms with Crippen LogP contribution in [0.25, 0.3) is 0 Å². The molecule has 0 spiro atoms. The van der Waals surface area contributed by atoms with Gasteiger partial charge in [0, 0.05) is 39.2 Å². The average Bonchev–Trinajstić information content (AvgIpc) is 2.69. The smallest absolute Gasteiger partial charge is 0.308 e. The molecule has 1 aromatic rings. The molecule has 0 saturated carbocycles. The Hall–Kier alpha value is -2.45. The van der Waals surface area contributed by atoms with Crippen molar-refractivity contribution < 1.29 is 28.6 Å². The predicted molar refractivity (Wildman–Crippen MR) is 102 cm³/mol. The normalized spacial score (nSPS) is 14.6. The van der Waals surface area contributed by atoms with Gasteiger partial charge in [-0.15, -0.1) is 0 Å².